The second-order valence-electron chi connectivity index (χ2n) is 4.54. The van der Waals surface area contributed by atoms with Gasteiger partial charge >= 0.3 is 11.9 Å². The lowest BCUT2D eigenvalue weighted by molar-refractivity contribution is -0.144. The van der Waals surface area contributed by atoms with Crippen molar-refractivity contribution in [2.45, 2.75) is 24.4 Å². The van der Waals surface area contributed by atoms with Crippen LogP contribution in [0.4, 0.5) is 0 Å². The van der Waals surface area contributed by atoms with E-state index in [2.05, 4.69) is 4.74 Å². The summed E-state index contributed by atoms with van der Waals surface area (Å²) in [6, 6.07) is 5.86. The van der Waals surface area contributed by atoms with Crippen molar-refractivity contribution >= 4 is 17.7 Å². The molecule has 5 N–H and O–H groups in total. The number of nitrogens with two attached hydrogens (primary N) is 2. The molecule has 1 rings (SSSR count). The first-order valence-corrected chi connectivity index (χ1v) is 6.28. The third-order valence-electron chi connectivity index (χ3n) is 3.06. The summed E-state index contributed by atoms with van der Waals surface area (Å²) in [5, 5.41) is 8.72. The normalized spacial score (nSPS) is 14.8. The van der Waals surface area contributed by atoms with Gasteiger partial charge in [0.2, 0.25) is 0 Å². The van der Waals surface area contributed by atoms with Crippen LogP contribution < -0.4 is 11.5 Å². The molecule has 0 spiro atoms. The van der Waals surface area contributed by atoms with Crippen LogP contribution in [0.2, 0.25) is 0 Å². The van der Waals surface area contributed by atoms with Crippen molar-refractivity contribution in [2.24, 2.45) is 11.5 Å². The molecule has 0 fully saturated rings. The fourth-order valence-electron chi connectivity index (χ4n) is 2.00. The zero-order valence-electron chi connectivity index (χ0n) is 11.6. The second-order valence-corrected chi connectivity index (χ2v) is 4.54. The molecule has 1 aromatic rings. The molecule has 114 valence electrons. The Kier molecular flexibility index (Phi) is 6.01. The largest absolute Gasteiger partial charge is 0.481 e. The topological polar surface area (TPSA) is 133 Å². The van der Waals surface area contributed by atoms with Crippen LogP contribution in [-0.2, 0) is 19.1 Å². The zero-order valence-corrected chi connectivity index (χ0v) is 11.6. The Balaban J connectivity index is 3.10. The summed E-state index contributed by atoms with van der Waals surface area (Å²) in [5.41, 5.74) is 11.9. The summed E-state index contributed by atoms with van der Waals surface area (Å²) in [7, 11) is 1.16. The van der Waals surface area contributed by atoms with Crippen LogP contribution in [0.25, 0.3) is 0 Å². The molecule has 0 aliphatic rings. The highest BCUT2D eigenvalue weighted by molar-refractivity contribution is 5.97. The van der Waals surface area contributed by atoms with Crippen molar-refractivity contribution in [2.75, 3.05) is 7.11 Å². The third-order valence-corrected chi connectivity index (χ3v) is 3.06. The average Bonchev–Trinajstić information content (AvgIpc) is 2.46. The number of benzene rings is 1. The SMILES string of the molecule is COC(=O)[C@@H](N)C(C(=O)[C@@H](N)CC(=O)O)c1ccccc1. The summed E-state index contributed by atoms with van der Waals surface area (Å²) < 4.78 is 4.55. The Labute approximate surface area is 121 Å². The van der Waals surface area contributed by atoms with Crippen molar-refractivity contribution in [1.82, 2.24) is 0 Å². The maximum absolute atomic E-state index is 12.4. The first-order chi connectivity index (χ1) is 9.88. The number of hydrogen-bond donors (Lipinski definition) is 3. The van der Waals surface area contributed by atoms with Crippen LogP contribution in [0.15, 0.2) is 30.3 Å². The number of ketones is 1. The molecule has 0 amide bonds. The predicted octanol–water partition coefficient (Wildman–Crippen LogP) is -0.358. The van der Waals surface area contributed by atoms with Gasteiger partial charge in [-0.25, -0.2) is 0 Å². The molecule has 0 saturated carbocycles. The van der Waals surface area contributed by atoms with Crippen LogP contribution in [-0.4, -0.2) is 42.0 Å². The van der Waals surface area contributed by atoms with E-state index in [1.807, 2.05) is 0 Å². The highest BCUT2D eigenvalue weighted by Crippen LogP contribution is 2.22. The van der Waals surface area contributed by atoms with E-state index in [0.717, 1.165) is 7.11 Å². The number of carbonyl (C=O) groups excluding carboxylic acids is 2. The zero-order chi connectivity index (χ0) is 16.0. The van der Waals surface area contributed by atoms with Gasteiger partial charge in [0.25, 0.3) is 0 Å². The molecule has 3 atom stereocenters. The van der Waals surface area contributed by atoms with Gasteiger partial charge in [0, 0.05) is 0 Å². The molecule has 1 unspecified atom stereocenters. The van der Waals surface area contributed by atoms with Crippen LogP contribution in [0.3, 0.4) is 0 Å². The van der Waals surface area contributed by atoms with E-state index < -0.39 is 42.1 Å². The smallest absolute Gasteiger partial charge is 0.323 e. The lowest BCUT2D eigenvalue weighted by atomic mass is 9.84. The monoisotopic (exact) mass is 294 g/mol. The lowest BCUT2D eigenvalue weighted by Gasteiger charge is -2.23. The number of methoxy groups -OCH3 is 1. The number of ether oxygens (including phenoxy) is 1. The molecule has 0 radical (unpaired) electrons. The number of esters is 1. The predicted molar refractivity (Wildman–Crippen MR) is 74.4 cm³/mol. The van der Waals surface area contributed by atoms with E-state index in [4.69, 9.17) is 16.6 Å². The lowest BCUT2D eigenvalue weighted by Crippen LogP contribution is -2.47. The van der Waals surface area contributed by atoms with Gasteiger partial charge in [0.1, 0.15) is 6.04 Å². The average molecular weight is 294 g/mol. The van der Waals surface area contributed by atoms with Gasteiger partial charge < -0.3 is 21.3 Å². The number of carboxylic acid groups (broad SMARTS) is 1. The molecule has 0 aromatic heterocycles. The summed E-state index contributed by atoms with van der Waals surface area (Å²) in [6.45, 7) is 0. The first-order valence-electron chi connectivity index (χ1n) is 6.28. The molecule has 0 saturated heterocycles. The molecule has 7 heteroatoms. The highest BCUT2D eigenvalue weighted by Gasteiger charge is 2.36. The molecule has 0 bridgehead atoms. The fraction of sp³-hybridized carbons (Fsp3) is 0.357. The van der Waals surface area contributed by atoms with Crippen LogP contribution in [0.5, 0.6) is 0 Å². The standard InChI is InChI=1S/C14H18N2O5/c1-21-14(20)12(16)11(8-5-3-2-4-6-8)13(19)9(15)7-10(17)18/h2-6,9,11-12H,7,15-16H2,1H3,(H,17,18)/t9-,11?,12-/m0/s1. The van der Waals surface area contributed by atoms with Crippen molar-refractivity contribution in [3.63, 3.8) is 0 Å². The summed E-state index contributed by atoms with van der Waals surface area (Å²) >= 11 is 0. The molecule has 0 heterocycles. The summed E-state index contributed by atoms with van der Waals surface area (Å²) in [6.07, 6.45) is -0.532. The van der Waals surface area contributed by atoms with Gasteiger partial charge in [0.15, 0.2) is 5.78 Å². The summed E-state index contributed by atoms with van der Waals surface area (Å²) in [5.74, 6) is -3.62. The Hall–Kier alpha value is -2.25. The van der Waals surface area contributed by atoms with Crippen LogP contribution in [0.1, 0.15) is 17.9 Å². The molecular weight excluding hydrogens is 276 g/mol. The van der Waals surface area contributed by atoms with E-state index in [9.17, 15) is 14.4 Å². The van der Waals surface area contributed by atoms with Gasteiger partial charge in [0.05, 0.1) is 25.5 Å². The second kappa shape index (κ2) is 7.51. The Bertz CT molecular complexity index is 517. The molecule has 21 heavy (non-hydrogen) atoms. The van der Waals surface area contributed by atoms with Gasteiger partial charge in [-0.2, -0.15) is 0 Å². The van der Waals surface area contributed by atoms with E-state index in [-0.39, 0.29) is 0 Å². The molecule has 7 nitrogen and oxygen atoms in total. The minimum Gasteiger partial charge on any atom is -0.481 e. The third kappa shape index (κ3) is 4.37. The van der Waals surface area contributed by atoms with Crippen molar-refractivity contribution in [3.8, 4) is 0 Å². The van der Waals surface area contributed by atoms with Crippen molar-refractivity contribution in [3.05, 3.63) is 35.9 Å². The Morgan fingerprint density at radius 3 is 2.24 bits per heavy atom. The Morgan fingerprint density at radius 2 is 1.76 bits per heavy atom. The summed E-state index contributed by atoms with van der Waals surface area (Å²) in [4.78, 5) is 34.7. The number of aliphatic carboxylic acids is 1. The highest BCUT2D eigenvalue weighted by atomic mass is 16.5. The fourth-order valence-corrected chi connectivity index (χ4v) is 2.00. The number of rotatable bonds is 7. The van der Waals surface area contributed by atoms with E-state index in [1.54, 1.807) is 30.3 Å². The maximum Gasteiger partial charge on any atom is 0.323 e. The van der Waals surface area contributed by atoms with Crippen LogP contribution >= 0.6 is 0 Å². The van der Waals surface area contributed by atoms with Gasteiger partial charge in [-0.1, -0.05) is 30.3 Å². The number of Topliss-reactive ketones (excluding diaryl/α,β-unsaturated/α-hetero) is 1. The van der Waals surface area contributed by atoms with Gasteiger partial charge in [-0.15, -0.1) is 0 Å². The Morgan fingerprint density at radius 1 is 1.19 bits per heavy atom. The quantitative estimate of drug-likeness (QED) is 0.585. The molecular formula is C14H18N2O5. The van der Waals surface area contributed by atoms with Gasteiger partial charge in [-0.3, -0.25) is 14.4 Å². The van der Waals surface area contributed by atoms with E-state index in [1.165, 1.54) is 0 Å². The maximum atomic E-state index is 12.4. The molecule has 0 aliphatic heterocycles. The van der Waals surface area contributed by atoms with E-state index in [0.29, 0.717) is 5.56 Å². The van der Waals surface area contributed by atoms with Crippen LogP contribution in [0, 0.1) is 0 Å². The van der Waals surface area contributed by atoms with Gasteiger partial charge in [-0.05, 0) is 5.56 Å². The minimum absolute atomic E-state index is 0.487. The molecule has 0 aliphatic carbocycles. The number of carbonyl (C=O) groups is 3. The first kappa shape index (κ1) is 16.8. The van der Waals surface area contributed by atoms with Crippen molar-refractivity contribution < 1.29 is 24.2 Å². The van der Waals surface area contributed by atoms with Crippen molar-refractivity contribution in [1.29, 1.82) is 0 Å². The number of carboxylic acids is 1. The minimum atomic E-state index is -1.25. The molecule has 1 aromatic carbocycles. The van der Waals surface area contributed by atoms with E-state index >= 15 is 0 Å². The number of hydrogen-bond acceptors (Lipinski definition) is 6.